The average Bonchev–Trinajstić information content (AvgIpc) is 3.09. The Morgan fingerprint density at radius 2 is 2.00 bits per heavy atom. The van der Waals surface area contributed by atoms with Crippen LogP contribution in [0.1, 0.15) is 0 Å². The molecule has 7 nitrogen and oxygen atoms in total. The van der Waals surface area contributed by atoms with Crippen LogP contribution >= 0.6 is 0 Å². The predicted octanol–water partition coefficient (Wildman–Crippen LogP) is 3.62. The second kappa shape index (κ2) is 6.20. The molecule has 0 saturated heterocycles. The van der Waals surface area contributed by atoms with Crippen molar-refractivity contribution in [1.82, 2.24) is 4.98 Å². The number of aromatic nitrogens is 1. The van der Waals surface area contributed by atoms with E-state index in [1.54, 1.807) is 37.6 Å². The molecule has 0 fully saturated rings. The van der Waals surface area contributed by atoms with E-state index in [0.717, 1.165) is 5.39 Å². The van der Waals surface area contributed by atoms with Crippen LogP contribution in [-0.2, 0) is 0 Å². The number of anilines is 2. The van der Waals surface area contributed by atoms with Gasteiger partial charge in [0.05, 0.1) is 18.3 Å². The summed E-state index contributed by atoms with van der Waals surface area (Å²) in [6.45, 7) is 0.187. The number of carbonyl (C=O) groups is 1. The molecule has 0 atom stereocenters. The number of hydrogen-bond donors (Lipinski definition) is 2. The number of hydrogen-bond acceptors (Lipinski definition) is 5. The number of pyridine rings is 1. The lowest BCUT2D eigenvalue weighted by atomic mass is 10.2. The Bertz CT molecular complexity index is 958. The van der Waals surface area contributed by atoms with Gasteiger partial charge < -0.3 is 24.8 Å². The van der Waals surface area contributed by atoms with Crippen molar-refractivity contribution in [3.8, 4) is 17.2 Å². The van der Waals surface area contributed by atoms with Crippen LogP contribution in [0.2, 0.25) is 0 Å². The van der Waals surface area contributed by atoms with E-state index in [-0.39, 0.29) is 12.8 Å². The minimum atomic E-state index is -0.390. The summed E-state index contributed by atoms with van der Waals surface area (Å²) in [6, 6.07) is 12.2. The molecule has 126 valence electrons. The molecular formula is C18H15N3O4. The van der Waals surface area contributed by atoms with Crippen molar-refractivity contribution in [2.24, 2.45) is 0 Å². The smallest absolute Gasteiger partial charge is 0.323 e. The van der Waals surface area contributed by atoms with Crippen molar-refractivity contribution >= 4 is 28.3 Å². The quantitative estimate of drug-likeness (QED) is 0.763. The first-order valence-corrected chi connectivity index (χ1v) is 7.63. The summed E-state index contributed by atoms with van der Waals surface area (Å²) in [6.07, 6.45) is 1.68. The molecule has 0 unspecified atom stereocenters. The molecule has 0 aliphatic carbocycles. The first kappa shape index (κ1) is 15.1. The van der Waals surface area contributed by atoms with Crippen LogP contribution in [0.25, 0.3) is 10.9 Å². The number of urea groups is 1. The highest BCUT2D eigenvalue weighted by Gasteiger charge is 2.15. The molecule has 0 saturated carbocycles. The van der Waals surface area contributed by atoms with E-state index in [1.165, 1.54) is 0 Å². The van der Waals surface area contributed by atoms with Crippen molar-refractivity contribution in [3.63, 3.8) is 0 Å². The normalized spacial score (nSPS) is 12.0. The molecule has 2 N–H and O–H groups in total. The first-order valence-electron chi connectivity index (χ1n) is 7.63. The number of nitrogens with one attached hydrogen (secondary N) is 2. The number of fused-ring (bicyclic) bond motifs is 2. The van der Waals surface area contributed by atoms with Gasteiger partial charge in [0, 0.05) is 29.4 Å². The topological polar surface area (TPSA) is 81.7 Å². The molecule has 0 radical (unpaired) electrons. The standard InChI is InChI=1S/C18H15N3O4/c1-23-13-7-11-3-2-6-19-17(11)14(9-13)21-18(22)20-12-4-5-15-16(8-12)25-10-24-15/h2-9H,10H2,1H3,(H2,20,21,22). The number of ether oxygens (including phenoxy) is 3. The second-order valence-corrected chi connectivity index (χ2v) is 5.40. The third-order valence-corrected chi connectivity index (χ3v) is 3.79. The molecule has 4 rings (SSSR count). The Labute approximate surface area is 143 Å². The van der Waals surface area contributed by atoms with Crippen molar-refractivity contribution < 1.29 is 19.0 Å². The van der Waals surface area contributed by atoms with Gasteiger partial charge in [-0.2, -0.15) is 0 Å². The average molecular weight is 337 g/mol. The number of amides is 2. The maximum Gasteiger partial charge on any atom is 0.323 e. The fourth-order valence-electron chi connectivity index (χ4n) is 2.64. The summed E-state index contributed by atoms with van der Waals surface area (Å²) in [5, 5.41) is 6.45. The van der Waals surface area contributed by atoms with E-state index in [9.17, 15) is 4.79 Å². The lowest BCUT2D eigenvalue weighted by molar-refractivity contribution is 0.174. The largest absolute Gasteiger partial charge is 0.497 e. The van der Waals surface area contributed by atoms with Gasteiger partial charge in [0.25, 0.3) is 0 Å². The van der Waals surface area contributed by atoms with Crippen LogP contribution in [0.4, 0.5) is 16.2 Å². The highest BCUT2D eigenvalue weighted by Crippen LogP contribution is 2.34. The molecule has 25 heavy (non-hydrogen) atoms. The summed E-state index contributed by atoms with van der Waals surface area (Å²) in [4.78, 5) is 16.7. The van der Waals surface area contributed by atoms with E-state index in [1.807, 2.05) is 18.2 Å². The van der Waals surface area contributed by atoms with Crippen LogP contribution in [-0.4, -0.2) is 24.9 Å². The summed E-state index contributed by atoms with van der Waals surface area (Å²) in [5.74, 6) is 1.90. The maximum absolute atomic E-state index is 12.4. The summed E-state index contributed by atoms with van der Waals surface area (Å²) >= 11 is 0. The molecule has 2 heterocycles. The lowest BCUT2D eigenvalue weighted by Crippen LogP contribution is -2.19. The van der Waals surface area contributed by atoms with Crippen LogP contribution in [0.3, 0.4) is 0 Å². The Kier molecular flexibility index (Phi) is 3.74. The molecule has 1 aliphatic rings. The molecule has 0 spiro atoms. The number of nitrogens with zero attached hydrogens (tertiary/aromatic N) is 1. The van der Waals surface area contributed by atoms with Crippen LogP contribution in [0.15, 0.2) is 48.7 Å². The van der Waals surface area contributed by atoms with Gasteiger partial charge in [-0.25, -0.2) is 4.79 Å². The van der Waals surface area contributed by atoms with E-state index in [2.05, 4.69) is 15.6 Å². The number of rotatable bonds is 3. The van der Waals surface area contributed by atoms with Gasteiger partial charge in [0.1, 0.15) is 5.75 Å². The molecule has 1 aromatic heterocycles. The maximum atomic E-state index is 12.4. The zero-order valence-corrected chi connectivity index (χ0v) is 13.4. The molecule has 1 aliphatic heterocycles. The summed E-state index contributed by atoms with van der Waals surface area (Å²) in [5.41, 5.74) is 1.85. The number of methoxy groups -OCH3 is 1. The SMILES string of the molecule is COc1cc(NC(=O)Nc2ccc3c(c2)OCO3)c2ncccc2c1. The molecule has 2 amide bonds. The van der Waals surface area contributed by atoms with Crippen LogP contribution in [0, 0.1) is 0 Å². The summed E-state index contributed by atoms with van der Waals surface area (Å²) in [7, 11) is 1.58. The van der Waals surface area contributed by atoms with Gasteiger partial charge >= 0.3 is 6.03 Å². The van der Waals surface area contributed by atoms with E-state index in [4.69, 9.17) is 14.2 Å². The zero-order valence-electron chi connectivity index (χ0n) is 13.4. The van der Waals surface area contributed by atoms with Crippen LogP contribution in [0.5, 0.6) is 17.2 Å². The fourth-order valence-corrected chi connectivity index (χ4v) is 2.64. The monoisotopic (exact) mass is 337 g/mol. The van der Waals surface area contributed by atoms with E-state index >= 15 is 0 Å². The highest BCUT2D eigenvalue weighted by atomic mass is 16.7. The van der Waals surface area contributed by atoms with Crippen molar-refractivity contribution in [3.05, 3.63) is 48.7 Å². The summed E-state index contributed by atoms with van der Waals surface area (Å²) < 4.78 is 15.8. The van der Waals surface area contributed by atoms with Gasteiger partial charge in [-0.15, -0.1) is 0 Å². The van der Waals surface area contributed by atoms with Crippen molar-refractivity contribution in [2.75, 3.05) is 24.5 Å². The molecule has 2 aromatic carbocycles. The Balaban J connectivity index is 1.57. The molecular weight excluding hydrogens is 322 g/mol. The minimum Gasteiger partial charge on any atom is -0.497 e. The van der Waals surface area contributed by atoms with Gasteiger partial charge in [-0.05, 0) is 24.3 Å². The predicted molar refractivity (Wildman–Crippen MR) is 93.5 cm³/mol. The lowest BCUT2D eigenvalue weighted by Gasteiger charge is -2.11. The zero-order chi connectivity index (χ0) is 17.2. The Morgan fingerprint density at radius 3 is 2.88 bits per heavy atom. The highest BCUT2D eigenvalue weighted by molar-refractivity contribution is 6.05. The van der Waals surface area contributed by atoms with Crippen LogP contribution < -0.4 is 24.8 Å². The van der Waals surface area contributed by atoms with Gasteiger partial charge in [0.2, 0.25) is 6.79 Å². The van der Waals surface area contributed by atoms with Gasteiger partial charge in [-0.1, -0.05) is 6.07 Å². The number of benzene rings is 2. The second-order valence-electron chi connectivity index (χ2n) is 5.40. The Morgan fingerprint density at radius 1 is 1.12 bits per heavy atom. The fraction of sp³-hybridized carbons (Fsp3) is 0.111. The third-order valence-electron chi connectivity index (χ3n) is 3.79. The van der Waals surface area contributed by atoms with Gasteiger partial charge in [0.15, 0.2) is 11.5 Å². The van der Waals surface area contributed by atoms with E-state index in [0.29, 0.717) is 34.1 Å². The van der Waals surface area contributed by atoms with Gasteiger partial charge in [-0.3, -0.25) is 4.98 Å². The van der Waals surface area contributed by atoms with E-state index < -0.39 is 0 Å². The molecule has 0 bridgehead atoms. The first-order chi connectivity index (χ1) is 12.2. The minimum absolute atomic E-state index is 0.187. The number of carbonyl (C=O) groups excluding carboxylic acids is 1. The molecule has 7 heteroatoms. The Hall–Kier alpha value is -3.48. The third kappa shape index (κ3) is 2.99. The molecule has 3 aromatic rings. The van der Waals surface area contributed by atoms with Crippen molar-refractivity contribution in [1.29, 1.82) is 0 Å². The van der Waals surface area contributed by atoms with Crippen molar-refractivity contribution in [2.45, 2.75) is 0 Å².